The van der Waals surface area contributed by atoms with Crippen LogP contribution in [0, 0.1) is 0 Å². The van der Waals surface area contributed by atoms with E-state index < -0.39 is 34.2 Å². The Kier molecular flexibility index (Phi) is 6.71. The van der Waals surface area contributed by atoms with Crippen molar-refractivity contribution in [2.75, 3.05) is 16.2 Å². The van der Waals surface area contributed by atoms with Crippen molar-refractivity contribution in [3.63, 3.8) is 0 Å². The first kappa shape index (κ1) is 22.8. The molecule has 0 bridgehead atoms. The minimum Gasteiger partial charge on any atom is -0.325 e. The Hall–Kier alpha value is -2.85. The van der Waals surface area contributed by atoms with Crippen molar-refractivity contribution in [3.05, 3.63) is 88.9 Å². The lowest BCUT2D eigenvalue weighted by Crippen LogP contribution is -2.38. The summed E-state index contributed by atoms with van der Waals surface area (Å²) >= 11 is 3.27. The highest BCUT2D eigenvalue weighted by Crippen LogP contribution is 2.31. The number of anilines is 2. The predicted octanol–water partition coefficient (Wildman–Crippen LogP) is 5.30. The van der Waals surface area contributed by atoms with Gasteiger partial charge in [0, 0.05) is 10.2 Å². The zero-order valence-electron chi connectivity index (χ0n) is 15.8. The van der Waals surface area contributed by atoms with Gasteiger partial charge in [-0.3, -0.25) is 9.10 Å². The molecule has 0 spiro atoms. The van der Waals surface area contributed by atoms with E-state index in [1.54, 1.807) is 30.3 Å². The fourth-order valence-electron chi connectivity index (χ4n) is 2.77. The molecule has 31 heavy (non-hydrogen) atoms. The summed E-state index contributed by atoms with van der Waals surface area (Å²) in [5.74, 6) is -0.793. The summed E-state index contributed by atoms with van der Waals surface area (Å²) in [6, 6.07) is 18.0. The number of benzene rings is 3. The van der Waals surface area contributed by atoms with Gasteiger partial charge in [-0.1, -0.05) is 46.3 Å². The van der Waals surface area contributed by atoms with Crippen LogP contribution in [0.4, 0.5) is 24.5 Å². The molecule has 0 saturated heterocycles. The summed E-state index contributed by atoms with van der Waals surface area (Å²) in [6.45, 7) is -0.635. The van der Waals surface area contributed by atoms with E-state index in [9.17, 15) is 26.4 Å². The average Bonchev–Trinajstić information content (AvgIpc) is 2.72. The second-order valence-electron chi connectivity index (χ2n) is 6.43. The molecule has 0 atom stereocenters. The quantitative estimate of drug-likeness (QED) is 0.487. The molecule has 5 nitrogen and oxygen atoms in total. The van der Waals surface area contributed by atoms with Crippen LogP contribution in [0.5, 0.6) is 0 Å². The van der Waals surface area contributed by atoms with E-state index >= 15 is 0 Å². The van der Waals surface area contributed by atoms with Crippen LogP contribution in [0.1, 0.15) is 5.56 Å². The van der Waals surface area contributed by atoms with Crippen molar-refractivity contribution in [2.24, 2.45) is 0 Å². The second-order valence-corrected chi connectivity index (χ2v) is 9.21. The molecule has 0 fully saturated rings. The number of carbonyl (C=O) groups excluding carboxylic acids is 1. The predicted molar refractivity (Wildman–Crippen MR) is 115 cm³/mol. The third kappa shape index (κ3) is 5.65. The Labute approximate surface area is 185 Å². The molecule has 0 radical (unpaired) electrons. The average molecular weight is 513 g/mol. The summed E-state index contributed by atoms with van der Waals surface area (Å²) < 4.78 is 66.6. The summed E-state index contributed by atoms with van der Waals surface area (Å²) in [4.78, 5) is 12.6. The number of carbonyl (C=O) groups is 1. The van der Waals surface area contributed by atoms with Gasteiger partial charge in [-0.25, -0.2) is 8.42 Å². The number of nitrogens with one attached hydrogen (secondary N) is 1. The Morgan fingerprint density at radius 1 is 0.935 bits per heavy atom. The Balaban J connectivity index is 1.92. The highest BCUT2D eigenvalue weighted by atomic mass is 79.9. The fourth-order valence-corrected chi connectivity index (χ4v) is 4.59. The zero-order chi connectivity index (χ0) is 22.6. The van der Waals surface area contributed by atoms with Crippen molar-refractivity contribution in [2.45, 2.75) is 11.1 Å². The molecule has 0 saturated carbocycles. The largest absolute Gasteiger partial charge is 0.416 e. The smallest absolute Gasteiger partial charge is 0.325 e. The van der Waals surface area contributed by atoms with Gasteiger partial charge in [-0.05, 0) is 48.5 Å². The van der Waals surface area contributed by atoms with Crippen molar-refractivity contribution in [1.29, 1.82) is 0 Å². The molecule has 3 rings (SSSR count). The zero-order valence-corrected chi connectivity index (χ0v) is 18.2. The maximum Gasteiger partial charge on any atom is 0.416 e. The number of alkyl halides is 3. The Morgan fingerprint density at radius 2 is 1.61 bits per heavy atom. The van der Waals surface area contributed by atoms with Crippen LogP contribution in [-0.4, -0.2) is 20.9 Å². The standard InChI is InChI=1S/C21H16BrF3N2O3S/c22-16-7-5-9-18(13-16)27(31(29,30)19-10-2-1-3-11-19)14-20(28)26-17-8-4-6-15(12-17)21(23,24)25/h1-13H,14H2,(H,26,28). The molecule has 10 heteroatoms. The third-order valence-corrected chi connectivity index (χ3v) is 6.47. The molecule has 1 amide bonds. The molecule has 3 aromatic rings. The van der Waals surface area contributed by atoms with E-state index in [-0.39, 0.29) is 16.3 Å². The number of nitrogens with zero attached hydrogens (tertiary/aromatic N) is 1. The first-order chi connectivity index (χ1) is 14.6. The monoisotopic (exact) mass is 512 g/mol. The number of rotatable bonds is 6. The van der Waals surface area contributed by atoms with Gasteiger partial charge in [0.2, 0.25) is 5.91 Å². The molecule has 1 N–H and O–H groups in total. The van der Waals surface area contributed by atoms with Gasteiger partial charge in [-0.2, -0.15) is 13.2 Å². The van der Waals surface area contributed by atoms with E-state index in [1.807, 2.05) is 0 Å². The Bertz CT molecular complexity index is 1190. The number of hydrogen-bond acceptors (Lipinski definition) is 3. The molecule has 3 aromatic carbocycles. The molecular weight excluding hydrogens is 497 g/mol. The van der Waals surface area contributed by atoms with E-state index in [4.69, 9.17) is 0 Å². The van der Waals surface area contributed by atoms with Crippen molar-refractivity contribution >= 4 is 43.2 Å². The number of halogens is 4. The fraction of sp³-hybridized carbons (Fsp3) is 0.0952. The van der Waals surface area contributed by atoms with Crippen LogP contribution in [0.2, 0.25) is 0 Å². The van der Waals surface area contributed by atoms with Crippen LogP contribution < -0.4 is 9.62 Å². The van der Waals surface area contributed by atoms with Gasteiger partial charge in [0.15, 0.2) is 0 Å². The topological polar surface area (TPSA) is 66.5 Å². The minimum atomic E-state index is -4.57. The van der Waals surface area contributed by atoms with Gasteiger partial charge >= 0.3 is 6.18 Å². The van der Waals surface area contributed by atoms with Crippen LogP contribution >= 0.6 is 15.9 Å². The van der Waals surface area contributed by atoms with Crippen molar-refractivity contribution in [1.82, 2.24) is 0 Å². The summed E-state index contributed by atoms with van der Waals surface area (Å²) in [5, 5.41) is 2.34. The lowest BCUT2D eigenvalue weighted by atomic mass is 10.2. The summed E-state index contributed by atoms with van der Waals surface area (Å²) in [6.07, 6.45) is -4.57. The minimum absolute atomic E-state index is 0.0261. The number of hydrogen-bond donors (Lipinski definition) is 1. The van der Waals surface area contributed by atoms with Crippen LogP contribution in [0.15, 0.2) is 88.2 Å². The lowest BCUT2D eigenvalue weighted by molar-refractivity contribution is -0.137. The van der Waals surface area contributed by atoms with Gasteiger partial charge in [0.25, 0.3) is 10.0 Å². The highest BCUT2D eigenvalue weighted by Gasteiger charge is 2.31. The molecule has 0 unspecified atom stereocenters. The first-order valence-corrected chi connectivity index (χ1v) is 11.1. The third-order valence-electron chi connectivity index (χ3n) is 4.19. The second kappa shape index (κ2) is 9.11. The van der Waals surface area contributed by atoms with Crippen LogP contribution in [-0.2, 0) is 21.0 Å². The molecule has 162 valence electrons. The van der Waals surface area contributed by atoms with E-state index in [0.29, 0.717) is 4.47 Å². The molecule has 0 aromatic heterocycles. The molecular formula is C21H16BrF3N2O3S. The maximum atomic E-state index is 13.2. The number of amides is 1. The normalized spacial score (nSPS) is 11.7. The van der Waals surface area contributed by atoms with E-state index in [2.05, 4.69) is 21.2 Å². The lowest BCUT2D eigenvalue weighted by Gasteiger charge is -2.24. The molecule has 0 aliphatic heterocycles. The molecule has 0 heterocycles. The maximum absolute atomic E-state index is 13.2. The van der Waals surface area contributed by atoms with Crippen LogP contribution in [0.25, 0.3) is 0 Å². The van der Waals surface area contributed by atoms with Gasteiger partial charge in [0.1, 0.15) is 6.54 Å². The summed E-state index contributed by atoms with van der Waals surface area (Å²) in [5.41, 5.74) is -0.797. The Morgan fingerprint density at radius 3 is 2.26 bits per heavy atom. The van der Waals surface area contributed by atoms with E-state index in [1.165, 1.54) is 30.3 Å². The van der Waals surface area contributed by atoms with Gasteiger partial charge in [0.05, 0.1) is 16.1 Å². The van der Waals surface area contributed by atoms with E-state index in [0.717, 1.165) is 22.5 Å². The highest BCUT2D eigenvalue weighted by molar-refractivity contribution is 9.10. The first-order valence-electron chi connectivity index (χ1n) is 8.88. The number of sulfonamides is 1. The SMILES string of the molecule is O=C(CN(c1cccc(Br)c1)S(=O)(=O)c1ccccc1)Nc1cccc(C(F)(F)F)c1. The van der Waals surface area contributed by atoms with Gasteiger partial charge < -0.3 is 5.32 Å². The van der Waals surface area contributed by atoms with Crippen LogP contribution in [0.3, 0.4) is 0 Å². The van der Waals surface area contributed by atoms with Crippen molar-refractivity contribution in [3.8, 4) is 0 Å². The summed E-state index contributed by atoms with van der Waals surface area (Å²) in [7, 11) is -4.12. The van der Waals surface area contributed by atoms with Gasteiger partial charge in [-0.15, -0.1) is 0 Å². The molecule has 0 aliphatic rings. The van der Waals surface area contributed by atoms with Crippen molar-refractivity contribution < 1.29 is 26.4 Å². The molecule has 0 aliphatic carbocycles.